The van der Waals surface area contributed by atoms with Gasteiger partial charge in [-0.25, -0.2) is 0 Å². The van der Waals surface area contributed by atoms with E-state index >= 15 is 0 Å². The van der Waals surface area contributed by atoms with E-state index in [1.54, 1.807) is 11.3 Å². The van der Waals surface area contributed by atoms with Gasteiger partial charge in [-0.1, -0.05) is 6.42 Å². The normalized spacial score (nSPS) is 24.9. The Hall–Kier alpha value is 0.01000. The van der Waals surface area contributed by atoms with Crippen molar-refractivity contribution in [2.45, 2.75) is 37.5 Å². The van der Waals surface area contributed by atoms with Crippen LogP contribution in [0.5, 0.6) is 0 Å². The van der Waals surface area contributed by atoms with Crippen molar-refractivity contribution < 1.29 is 5.11 Å². The van der Waals surface area contributed by atoms with Gasteiger partial charge in [-0.2, -0.15) is 11.8 Å². The van der Waals surface area contributed by atoms with Gasteiger partial charge < -0.3 is 5.11 Å². The van der Waals surface area contributed by atoms with E-state index in [1.165, 1.54) is 29.9 Å². The molecule has 1 nitrogen and oxygen atoms in total. The minimum Gasteiger partial charge on any atom is -0.386 e. The van der Waals surface area contributed by atoms with Crippen molar-refractivity contribution in [2.24, 2.45) is 0 Å². The fourth-order valence-electron chi connectivity index (χ4n) is 1.81. The van der Waals surface area contributed by atoms with Crippen molar-refractivity contribution in [3.05, 3.63) is 21.9 Å². The van der Waals surface area contributed by atoms with Gasteiger partial charge in [0.1, 0.15) is 0 Å². The minimum atomic E-state index is -0.237. The summed E-state index contributed by atoms with van der Waals surface area (Å²) in [7, 11) is 0. The second-order valence-corrected chi connectivity index (χ2v) is 6.46. The third kappa shape index (κ3) is 2.33. The zero-order chi connectivity index (χ0) is 9.97. The summed E-state index contributed by atoms with van der Waals surface area (Å²) >= 11 is 3.66. The number of thioether (sulfide) groups is 1. The smallest absolute Gasteiger partial charge is 0.1000 e. The molecule has 1 aromatic heterocycles. The summed E-state index contributed by atoms with van der Waals surface area (Å²) in [5.41, 5.74) is 0. The van der Waals surface area contributed by atoms with Gasteiger partial charge in [-0.05, 0) is 37.7 Å². The molecule has 1 aliphatic heterocycles. The Morgan fingerprint density at radius 1 is 1.43 bits per heavy atom. The average molecular weight is 228 g/mol. The van der Waals surface area contributed by atoms with E-state index in [-0.39, 0.29) is 6.10 Å². The van der Waals surface area contributed by atoms with Crippen LogP contribution in [-0.4, -0.2) is 16.1 Å². The number of aryl methyl sites for hydroxylation is 1. The predicted molar refractivity (Wildman–Crippen MR) is 64.1 cm³/mol. The zero-order valence-electron chi connectivity index (χ0n) is 8.40. The van der Waals surface area contributed by atoms with E-state index in [4.69, 9.17) is 0 Å². The van der Waals surface area contributed by atoms with Crippen molar-refractivity contribution in [3.8, 4) is 0 Å². The molecule has 1 N–H and O–H groups in total. The summed E-state index contributed by atoms with van der Waals surface area (Å²) < 4.78 is 0. The van der Waals surface area contributed by atoms with Crippen LogP contribution in [0.15, 0.2) is 12.1 Å². The lowest BCUT2D eigenvalue weighted by Crippen LogP contribution is -2.18. The Kier molecular flexibility index (Phi) is 3.52. The SMILES string of the molecule is Cc1ccc(C(O)C2CCCCS2)s1. The van der Waals surface area contributed by atoms with Crippen LogP contribution in [0.3, 0.4) is 0 Å². The molecule has 3 heteroatoms. The Balaban J connectivity index is 2.03. The summed E-state index contributed by atoms with van der Waals surface area (Å²) in [4.78, 5) is 2.43. The lowest BCUT2D eigenvalue weighted by molar-refractivity contribution is 0.172. The molecule has 0 spiro atoms. The van der Waals surface area contributed by atoms with E-state index < -0.39 is 0 Å². The van der Waals surface area contributed by atoms with Crippen molar-refractivity contribution in [1.82, 2.24) is 0 Å². The van der Waals surface area contributed by atoms with Crippen LogP contribution < -0.4 is 0 Å². The molecular weight excluding hydrogens is 212 g/mol. The van der Waals surface area contributed by atoms with E-state index in [0.29, 0.717) is 5.25 Å². The van der Waals surface area contributed by atoms with Crippen LogP contribution in [0.2, 0.25) is 0 Å². The number of hydrogen-bond acceptors (Lipinski definition) is 3. The van der Waals surface area contributed by atoms with Crippen LogP contribution in [0, 0.1) is 6.92 Å². The lowest BCUT2D eigenvalue weighted by atomic mass is 10.1. The van der Waals surface area contributed by atoms with Crippen molar-refractivity contribution >= 4 is 23.1 Å². The third-order valence-electron chi connectivity index (χ3n) is 2.62. The van der Waals surface area contributed by atoms with E-state index in [9.17, 15) is 5.11 Å². The van der Waals surface area contributed by atoms with Gasteiger partial charge >= 0.3 is 0 Å². The van der Waals surface area contributed by atoms with Gasteiger partial charge in [0, 0.05) is 15.0 Å². The molecule has 2 unspecified atom stereocenters. The highest BCUT2D eigenvalue weighted by Crippen LogP contribution is 2.36. The molecule has 1 fully saturated rings. The molecule has 0 aliphatic carbocycles. The molecule has 14 heavy (non-hydrogen) atoms. The predicted octanol–water partition coefficient (Wildman–Crippen LogP) is 3.38. The molecule has 0 saturated carbocycles. The zero-order valence-corrected chi connectivity index (χ0v) is 10.0. The van der Waals surface area contributed by atoms with Gasteiger partial charge in [0.2, 0.25) is 0 Å². The molecule has 0 aromatic carbocycles. The average Bonchev–Trinajstić information content (AvgIpc) is 2.65. The van der Waals surface area contributed by atoms with Crippen LogP contribution in [0.4, 0.5) is 0 Å². The van der Waals surface area contributed by atoms with Gasteiger partial charge in [-0.3, -0.25) is 0 Å². The fraction of sp³-hybridized carbons (Fsp3) is 0.636. The number of hydrogen-bond donors (Lipinski definition) is 1. The Bertz CT molecular complexity index is 289. The van der Waals surface area contributed by atoms with Crippen LogP contribution in [0.25, 0.3) is 0 Å². The molecule has 0 bridgehead atoms. The molecule has 1 aliphatic rings. The summed E-state index contributed by atoms with van der Waals surface area (Å²) in [5, 5.41) is 10.6. The lowest BCUT2D eigenvalue weighted by Gasteiger charge is -2.25. The minimum absolute atomic E-state index is 0.237. The first kappa shape index (κ1) is 10.5. The molecule has 1 saturated heterocycles. The van der Waals surface area contributed by atoms with E-state index in [0.717, 1.165) is 4.88 Å². The van der Waals surface area contributed by atoms with E-state index in [2.05, 4.69) is 19.1 Å². The first-order valence-electron chi connectivity index (χ1n) is 5.13. The Morgan fingerprint density at radius 2 is 2.29 bits per heavy atom. The summed E-state index contributed by atoms with van der Waals surface area (Å²) in [6, 6.07) is 4.16. The third-order valence-corrected chi connectivity index (χ3v) is 5.14. The highest BCUT2D eigenvalue weighted by atomic mass is 32.2. The molecule has 2 heterocycles. The number of aliphatic hydroxyl groups excluding tert-OH is 1. The molecule has 2 atom stereocenters. The number of thiophene rings is 1. The maximum Gasteiger partial charge on any atom is 0.1000 e. The van der Waals surface area contributed by atoms with Crippen molar-refractivity contribution in [3.63, 3.8) is 0 Å². The van der Waals surface area contributed by atoms with Crippen LogP contribution in [0.1, 0.15) is 35.1 Å². The number of aliphatic hydroxyl groups is 1. The maximum atomic E-state index is 10.1. The monoisotopic (exact) mass is 228 g/mol. The fourth-order valence-corrected chi connectivity index (χ4v) is 4.16. The quantitative estimate of drug-likeness (QED) is 0.837. The molecular formula is C11H16OS2. The van der Waals surface area contributed by atoms with Gasteiger partial charge in [0.25, 0.3) is 0 Å². The second-order valence-electron chi connectivity index (χ2n) is 3.80. The molecule has 0 radical (unpaired) electrons. The van der Waals surface area contributed by atoms with Crippen molar-refractivity contribution in [1.29, 1.82) is 0 Å². The molecule has 0 amide bonds. The van der Waals surface area contributed by atoms with Gasteiger partial charge in [-0.15, -0.1) is 11.3 Å². The molecule has 2 rings (SSSR count). The largest absolute Gasteiger partial charge is 0.386 e. The molecule has 1 aromatic rings. The highest BCUT2D eigenvalue weighted by Gasteiger charge is 2.24. The van der Waals surface area contributed by atoms with Crippen molar-refractivity contribution in [2.75, 3.05) is 5.75 Å². The van der Waals surface area contributed by atoms with Crippen LogP contribution in [-0.2, 0) is 0 Å². The number of rotatable bonds is 2. The van der Waals surface area contributed by atoms with Gasteiger partial charge in [0.15, 0.2) is 0 Å². The summed E-state index contributed by atoms with van der Waals surface area (Å²) in [5.74, 6) is 1.21. The Morgan fingerprint density at radius 3 is 2.86 bits per heavy atom. The maximum absolute atomic E-state index is 10.1. The first-order valence-corrected chi connectivity index (χ1v) is 7.00. The van der Waals surface area contributed by atoms with Gasteiger partial charge in [0.05, 0.1) is 6.10 Å². The second kappa shape index (κ2) is 4.69. The topological polar surface area (TPSA) is 20.2 Å². The molecule has 78 valence electrons. The summed E-state index contributed by atoms with van der Waals surface area (Å²) in [6.07, 6.45) is 3.53. The first-order chi connectivity index (χ1) is 6.77. The van der Waals surface area contributed by atoms with E-state index in [1.807, 2.05) is 11.8 Å². The summed E-state index contributed by atoms with van der Waals surface area (Å²) in [6.45, 7) is 2.09. The van der Waals surface area contributed by atoms with Crippen LogP contribution >= 0.6 is 23.1 Å². The standard InChI is InChI=1S/C11H16OS2/c1-8-5-6-10(14-8)11(12)9-4-2-3-7-13-9/h5-6,9,11-12H,2-4,7H2,1H3. The highest BCUT2D eigenvalue weighted by molar-refractivity contribution is 8.00. The Labute approximate surface area is 93.5 Å².